The van der Waals surface area contributed by atoms with E-state index in [1.807, 2.05) is 19.1 Å². The highest BCUT2D eigenvalue weighted by molar-refractivity contribution is 5.95. The van der Waals surface area contributed by atoms with Gasteiger partial charge >= 0.3 is 0 Å². The number of hydrogen-bond donors (Lipinski definition) is 3. The van der Waals surface area contributed by atoms with Crippen molar-refractivity contribution in [3.8, 4) is 0 Å². The Kier molecular flexibility index (Phi) is 4.39. The van der Waals surface area contributed by atoms with E-state index >= 15 is 0 Å². The van der Waals surface area contributed by atoms with Gasteiger partial charge in [0, 0.05) is 30.3 Å². The summed E-state index contributed by atoms with van der Waals surface area (Å²) in [6.45, 7) is 3.37. The summed E-state index contributed by atoms with van der Waals surface area (Å²) in [6.07, 6.45) is 2.50. The van der Waals surface area contributed by atoms with Crippen LogP contribution in [-0.4, -0.2) is 17.9 Å². The van der Waals surface area contributed by atoms with Crippen LogP contribution in [0.15, 0.2) is 18.2 Å². The maximum Gasteiger partial charge on any atom is 0.227 e. The number of rotatable bonds is 3. The van der Waals surface area contributed by atoms with Crippen LogP contribution in [0.3, 0.4) is 0 Å². The van der Waals surface area contributed by atoms with Gasteiger partial charge < -0.3 is 16.4 Å². The Bertz CT molecular complexity index is 528. The molecule has 0 heterocycles. The molecule has 1 aliphatic rings. The molecule has 0 bridgehead atoms. The van der Waals surface area contributed by atoms with Gasteiger partial charge in [0.1, 0.15) is 0 Å². The van der Waals surface area contributed by atoms with Gasteiger partial charge in [-0.3, -0.25) is 9.59 Å². The van der Waals surface area contributed by atoms with Crippen molar-refractivity contribution in [1.29, 1.82) is 0 Å². The number of carbonyl (C=O) groups excluding carboxylic acids is 2. The number of nitrogens with one attached hydrogen (secondary N) is 2. The van der Waals surface area contributed by atoms with Crippen LogP contribution in [-0.2, 0) is 9.59 Å². The van der Waals surface area contributed by atoms with Gasteiger partial charge in [-0.25, -0.2) is 0 Å². The van der Waals surface area contributed by atoms with E-state index in [-0.39, 0.29) is 23.8 Å². The molecule has 2 amide bonds. The summed E-state index contributed by atoms with van der Waals surface area (Å²) in [7, 11) is 0. The van der Waals surface area contributed by atoms with Gasteiger partial charge in [-0.15, -0.1) is 0 Å². The summed E-state index contributed by atoms with van der Waals surface area (Å²) in [5.41, 5.74) is 8.21. The molecular formula is C15H21N3O2. The van der Waals surface area contributed by atoms with Crippen LogP contribution < -0.4 is 16.4 Å². The molecule has 2 atom stereocenters. The Balaban J connectivity index is 2.05. The lowest BCUT2D eigenvalue weighted by molar-refractivity contribution is -0.119. The molecule has 1 aromatic carbocycles. The van der Waals surface area contributed by atoms with Crippen molar-refractivity contribution in [2.75, 3.05) is 10.6 Å². The van der Waals surface area contributed by atoms with E-state index < -0.39 is 0 Å². The summed E-state index contributed by atoms with van der Waals surface area (Å²) >= 11 is 0. The minimum absolute atomic E-state index is 0.00415. The fourth-order valence-corrected chi connectivity index (χ4v) is 2.52. The molecule has 0 spiro atoms. The predicted molar refractivity (Wildman–Crippen MR) is 79.4 cm³/mol. The van der Waals surface area contributed by atoms with Crippen LogP contribution in [0.1, 0.15) is 31.7 Å². The van der Waals surface area contributed by atoms with E-state index in [0.29, 0.717) is 5.69 Å². The largest absolute Gasteiger partial charge is 0.328 e. The number of hydrogen-bond acceptors (Lipinski definition) is 3. The molecule has 1 fully saturated rings. The Labute approximate surface area is 118 Å². The van der Waals surface area contributed by atoms with Crippen LogP contribution in [0.2, 0.25) is 0 Å². The number of benzene rings is 1. The van der Waals surface area contributed by atoms with Gasteiger partial charge in [0.2, 0.25) is 11.8 Å². The van der Waals surface area contributed by atoms with Gasteiger partial charge in [0.25, 0.3) is 0 Å². The van der Waals surface area contributed by atoms with E-state index in [9.17, 15) is 9.59 Å². The molecule has 0 aromatic heterocycles. The summed E-state index contributed by atoms with van der Waals surface area (Å²) in [5.74, 6) is -0.121. The first-order chi connectivity index (χ1) is 9.45. The van der Waals surface area contributed by atoms with Crippen molar-refractivity contribution >= 4 is 23.2 Å². The van der Waals surface area contributed by atoms with E-state index in [2.05, 4.69) is 10.6 Å². The second kappa shape index (κ2) is 6.05. The zero-order valence-electron chi connectivity index (χ0n) is 11.9. The Morgan fingerprint density at radius 2 is 2.00 bits per heavy atom. The highest BCUT2D eigenvalue weighted by atomic mass is 16.2. The topological polar surface area (TPSA) is 84.2 Å². The zero-order valence-corrected chi connectivity index (χ0v) is 11.9. The first-order valence-electron chi connectivity index (χ1n) is 6.90. The van der Waals surface area contributed by atoms with Crippen molar-refractivity contribution in [3.05, 3.63) is 23.8 Å². The molecule has 1 aromatic rings. The lowest BCUT2D eigenvalue weighted by Crippen LogP contribution is -2.23. The number of anilines is 2. The third-order valence-electron chi connectivity index (χ3n) is 3.66. The van der Waals surface area contributed by atoms with Crippen molar-refractivity contribution in [1.82, 2.24) is 0 Å². The van der Waals surface area contributed by atoms with E-state index in [4.69, 9.17) is 5.73 Å². The lowest BCUT2D eigenvalue weighted by atomic mass is 10.1. The Hall–Kier alpha value is -1.88. The second-order valence-corrected chi connectivity index (χ2v) is 5.47. The van der Waals surface area contributed by atoms with Gasteiger partial charge in [-0.2, -0.15) is 0 Å². The zero-order chi connectivity index (χ0) is 14.7. The van der Waals surface area contributed by atoms with Gasteiger partial charge in [-0.1, -0.05) is 6.07 Å². The lowest BCUT2D eigenvalue weighted by Gasteiger charge is -2.13. The third kappa shape index (κ3) is 3.57. The fourth-order valence-electron chi connectivity index (χ4n) is 2.52. The van der Waals surface area contributed by atoms with Gasteiger partial charge in [0.15, 0.2) is 0 Å². The van der Waals surface area contributed by atoms with Crippen molar-refractivity contribution in [3.63, 3.8) is 0 Å². The summed E-state index contributed by atoms with van der Waals surface area (Å²) in [5, 5.41) is 5.65. The average molecular weight is 275 g/mol. The van der Waals surface area contributed by atoms with Gasteiger partial charge in [-0.05, 0) is 43.9 Å². The molecule has 5 nitrogen and oxygen atoms in total. The standard InChI is InChI=1S/C15H21N3O2/c1-9-3-6-13(8-14(9)17-10(2)19)18-15(20)11-4-5-12(16)7-11/h3,6,8,11-12H,4-5,7,16H2,1-2H3,(H,17,19)(H,18,20). The molecule has 108 valence electrons. The van der Waals surface area contributed by atoms with Crippen molar-refractivity contribution in [2.45, 2.75) is 39.2 Å². The molecule has 0 saturated heterocycles. The van der Waals surface area contributed by atoms with Crippen molar-refractivity contribution in [2.24, 2.45) is 11.7 Å². The Morgan fingerprint density at radius 1 is 1.25 bits per heavy atom. The molecule has 2 unspecified atom stereocenters. The minimum atomic E-state index is -0.127. The average Bonchev–Trinajstić information content (AvgIpc) is 2.79. The SMILES string of the molecule is CC(=O)Nc1cc(NC(=O)C2CCC(N)C2)ccc1C. The maximum absolute atomic E-state index is 12.1. The van der Waals surface area contributed by atoms with E-state index in [1.54, 1.807) is 6.07 Å². The Morgan fingerprint density at radius 3 is 2.60 bits per heavy atom. The highest BCUT2D eigenvalue weighted by Crippen LogP contribution is 2.26. The van der Waals surface area contributed by atoms with Crippen LogP contribution in [0, 0.1) is 12.8 Å². The fraction of sp³-hybridized carbons (Fsp3) is 0.467. The molecule has 0 aliphatic heterocycles. The highest BCUT2D eigenvalue weighted by Gasteiger charge is 2.27. The van der Waals surface area contributed by atoms with Crippen LogP contribution in [0.5, 0.6) is 0 Å². The van der Waals surface area contributed by atoms with Crippen LogP contribution in [0.4, 0.5) is 11.4 Å². The molecule has 0 radical (unpaired) electrons. The normalized spacial score (nSPS) is 21.6. The minimum Gasteiger partial charge on any atom is -0.328 e. The molecule has 5 heteroatoms. The second-order valence-electron chi connectivity index (χ2n) is 5.47. The van der Waals surface area contributed by atoms with Crippen molar-refractivity contribution < 1.29 is 9.59 Å². The number of aryl methyl sites for hydroxylation is 1. The third-order valence-corrected chi connectivity index (χ3v) is 3.66. The van der Waals surface area contributed by atoms with Gasteiger partial charge in [0.05, 0.1) is 0 Å². The number of amides is 2. The molecule has 4 N–H and O–H groups in total. The quantitative estimate of drug-likeness (QED) is 0.789. The molecule has 2 rings (SSSR count). The summed E-state index contributed by atoms with van der Waals surface area (Å²) in [6, 6.07) is 5.64. The first kappa shape index (κ1) is 14.5. The summed E-state index contributed by atoms with van der Waals surface area (Å²) in [4.78, 5) is 23.3. The molecular weight excluding hydrogens is 254 g/mol. The number of nitrogens with two attached hydrogens (primary N) is 1. The number of carbonyl (C=O) groups is 2. The van der Waals surface area contributed by atoms with Crippen LogP contribution in [0.25, 0.3) is 0 Å². The first-order valence-corrected chi connectivity index (χ1v) is 6.90. The van der Waals surface area contributed by atoms with Crippen LogP contribution >= 0.6 is 0 Å². The van der Waals surface area contributed by atoms with E-state index in [0.717, 1.165) is 30.5 Å². The monoisotopic (exact) mass is 275 g/mol. The molecule has 1 saturated carbocycles. The maximum atomic E-state index is 12.1. The molecule has 20 heavy (non-hydrogen) atoms. The predicted octanol–water partition coefficient (Wildman–Crippen LogP) is 2.02. The van der Waals surface area contributed by atoms with E-state index in [1.165, 1.54) is 6.92 Å². The summed E-state index contributed by atoms with van der Waals surface area (Å²) < 4.78 is 0. The molecule has 1 aliphatic carbocycles. The smallest absolute Gasteiger partial charge is 0.227 e.